The van der Waals surface area contributed by atoms with Crippen LogP contribution in [0.15, 0.2) is 6.20 Å². The van der Waals surface area contributed by atoms with Crippen molar-refractivity contribution in [2.24, 2.45) is 5.73 Å². The van der Waals surface area contributed by atoms with E-state index in [4.69, 9.17) is 12.2 Å². The molecule has 1 atom stereocenters. The molecule has 0 fully saturated rings. The van der Waals surface area contributed by atoms with Crippen LogP contribution in [-0.2, 0) is 0 Å². The van der Waals surface area contributed by atoms with Gasteiger partial charge in [-0.1, -0.05) is 5.92 Å². The van der Waals surface area contributed by atoms with Crippen LogP contribution in [0.2, 0.25) is 0 Å². The highest BCUT2D eigenvalue weighted by molar-refractivity contribution is 7.11. The second-order valence-electron chi connectivity index (χ2n) is 1.93. The van der Waals surface area contributed by atoms with Crippen LogP contribution in [0.3, 0.4) is 0 Å². The van der Waals surface area contributed by atoms with Gasteiger partial charge in [0.05, 0.1) is 9.88 Å². The van der Waals surface area contributed by atoms with E-state index in [2.05, 4.69) is 10.9 Å². The van der Waals surface area contributed by atoms with Crippen molar-refractivity contribution in [2.45, 2.75) is 13.0 Å². The quantitative estimate of drug-likeness (QED) is 0.612. The number of aryl methyl sites for hydroxylation is 1. The first-order valence-electron chi connectivity index (χ1n) is 2.88. The summed E-state index contributed by atoms with van der Waals surface area (Å²) in [6.45, 7) is 1.93. The summed E-state index contributed by atoms with van der Waals surface area (Å²) in [5, 5.41) is 1.00. The first-order chi connectivity index (χ1) is 4.74. The lowest BCUT2D eigenvalue weighted by molar-refractivity contribution is 0.967. The van der Waals surface area contributed by atoms with Gasteiger partial charge in [-0.05, 0) is 6.92 Å². The normalized spacial score (nSPS) is 12.5. The number of rotatable bonds is 1. The van der Waals surface area contributed by atoms with Crippen molar-refractivity contribution in [1.29, 1.82) is 0 Å². The van der Waals surface area contributed by atoms with Gasteiger partial charge in [-0.2, -0.15) is 0 Å². The standard InChI is InChI=1S/C7H8N2S/c1-3-6(8)7-4-9-5(2)10-7/h1,4,6H,8H2,2H3. The van der Waals surface area contributed by atoms with Gasteiger partial charge in [-0.15, -0.1) is 17.8 Å². The fourth-order valence-corrected chi connectivity index (χ4v) is 1.35. The highest BCUT2D eigenvalue weighted by atomic mass is 32.1. The molecule has 0 aromatic carbocycles. The zero-order chi connectivity index (χ0) is 7.56. The average molecular weight is 152 g/mol. The number of aromatic nitrogens is 1. The fourth-order valence-electron chi connectivity index (χ4n) is 0.604. The second-order valence-corrected chi connectivity index (χ2v) is 3.19. The highest BCUT2D eigenvalue weighted by Gasteiger charge is 2.03. The lowest BCUT2D eigenvalue weighted by atomic mass is 10.3. The molecule has 2 nitrogen and oxygen atoms in total. The first kappa shape index (κ1) is 7.26. The minimum Gasteiger partial charge on any atom is -0.313 e. The maximum absolute atomic E-state index is 5.54. The molecule has 1 heterocycles. The predicted octanol–water partition coefficient (Wildman–Crippen LogP) is 1.08. The molecule has 0 aliphatic carbocycles. The molecule has 1 aromatic rings. The van der Waals surface area contributed by atoms with Crippen LogP contribution in [0.4, 0.5) is 0 Å². The number of hydrogen-bond acceptors (Lipinski definition) is 3. The van der Waals surface area contributed by atoms with E-state index in [1.807, 2.05) is 6.92 Å². The third-order valence-electron chi connectivity index (χ3n) is 1.13. The monoisotopic (exact) mass is 152 g/mol. The summed E-state index contributed by atoms with van der Waals surface area (Å²) in [7, 11) is 0. The van der Waals surface area contributed by atoms with Crippen molar-refractivity contribution in [3.05, 3.63) is 16.1 Å². The Morgan fingerprint density at radius 2 is 2.60 bits per heavy atom. The molecular formula is C7H8N2S. The summed E-state index contributed by atoms with van der Waals surface area (Å²) in [4.78, 5) is 4.99. The van der Waals surface area contributed by atoms with Gasteiger partial charge in [0.15, 0.2) is 0 Å². The lowest BCUT2D eigenvalue weighted by Gasteiger charge is -1.95. The van der Waals surface area contributed by atoms with Crippen LogP contribution in [-0.4, -0.2) is 4.98 Å². The van der Waals surface area contributed by atoms with Crippen LogP contribution in [0.5, 0.6) is 0 Å². The van der Waals surface area contributed by atoms with E-state index >= 15 is 0 Å². The van der Waals surface area contributed by atoms with Gasteiger partial charge >= 0.3 is 0 Å². The Labute approximate surface area is 64.1 Å². The molecule has 0 bridgehead atoms. The Morgan fingerprint density at radius 1 is 1.90 bits per heavy atom. The summed E-state index contributed by atoms with van der Waals surface area (Å²) < 4.78 is 0. The van der Waals surface area contributed by atoms with E-state index < -0.39 is 0 Å². The SMILES string of the molecule is C#CC(N)c1cnc(C)s1. The number of nitrogens with zero attached hydrogens (tertiary/aromatic N) is 1. The van der Waals surface area contributed by atoms with Gasteiger partial charge in [0, 0.05) is 6.20 Å². The summed E-state index contributed by atoms with van der Waals surface area (Å²) in [6, 6.07) is -0.286. The second kappa shape index (κ2) is 2.82. The zero-order valence-corrected chi connectivity index (χ0v) is 6.48. The third kappa shape index (κ3) is 1.35. The minimum absolute atomic E-state index is 0.286. The summed E-state index contributed by atoms with van der Waals surface area (Å²) >= 11 is 1.54. The maximum atomic E-state index is 5.54. The Kier molecular flexibility index (Phi) is 2.05. The Bertz CT molecular complexity index is 259. The molecule has 3 heteroatoms. The molecule has 52 valence electrons. The molecule has 2 N–H and O–H groups in total. The molecule has 0 aliphatic heterocycles. The summed E-state index contributed by atoms with van der Waals surface area (Å²) in [5.74, 6) is 2.44. The molecular weight excluding hydrogens is 144 g/mol. The average Bonchev–Trinajstić information content (AvgIpc) is 2.34. The Hall–Kier alpha value is -0.850. The Balaban J connectivity index is 2.87. The largest absolute Gasteiger partial charge is 0.313 e. The van der Waals surface area contributed by atoms with Crippen LogP contribution in [0, 0.1) is 19.3 Å². The zero-order valence-electron chi connectivity index (χ0n) is 5.66. The van der Waals surface area contributed by atoms with E-state index in [-0.39, 0.29) is 6.04 Å². The molecule has 0 saturated heterocycles. The summed E-state index contributed by atoms with van der Waals surface area (Å²) in [6.07, 6.45) is 6.84. The van der Waals surface area contributed by atoms with Crippen LogP contribution < -0.4 is 5.73 Å². The molecule has 0 radical (unpaired) electrons. The molecule has 0 amide bonds. The maximum Gasteiger partial charge on any atom is 0.103 e. The van der Waals surface area contributed by atoms with Gasteiger partial charge < -0.3 is 5.73 Å². The fraction of sp³-hybridized carbons (Fsp3) is 0.286. The van der Waals surface area contributed by atoms with Gasteiger partial charge in [0.25, 0.3) is 0 Å². The van der Waals surface area contributed by atoms with Gasteiger partial charge in [0.2, 0.25) is 0 Å². The van der Waals surface area contributed by atoms with Crippen molar-refractivity contribution in [3.8, 4) is 12.3 Å². The van der Waals surface area contributed by atoms with Crippen molar-refractivity contribution in [1.82, 2.24) is 4.98 Å². The molecule has 1 unspecified atom stereocenters. The molecule has 0 saturated carbocycles. The lowest BCUT2D eigenvalue weighted by Crippen LogP contribution is -2.04. The molecule has 1 rings (SSSR count). The number of thiazole rings is 1. The number of terminal acetylenes is 1. The topological polar surface area (TPSA) is 38.9 Å². The van der Waals surface area contributed by atoms with E-state index in [1.165, 1.54) is 0 Å². The van der Waals surface area contributed by atoms with E-state index in [0.29, 0.717) is 0 Å². The molecule has 1 aromatic heterocycles. The molecule has 0 spiro atoms. The first-order valence-corrected chi connectivity index (χ1v) is 3.69. The van der Waals surface area contributed by atoms with Crippen LogP contribution in [0.25, 0.3) is 0 Å². The van der Waals surface area contributed by atoms with Crippen molar-refractivity contribution >= 4 is 11.3 Å². The molecule has 10 heavy (non-hydrogen) atoms. The van der Waals surface area contributed by atoms with Gasteiger partial charge in [0.1, 0.15) is 6.04 Å². The highest BCUT2D eigenvalue weighted by Crippen LogP contribution is 2.17. The van der Waals surface area contributed by atoms with Crippen molar-refractivity contribution in [2.75, 3.05) is 0 Å². The molecule has 0 aliphatic rings. The van der Waals surface area contributed by atoms with E-state index in [1.54, 1.807) is 17.5 Å². The van der Waals surface area contributed by atoms with E-state index in [0.717, 1.165) is 9.88 Å². The van der Waals surface area contributed by atoms with Crippen molar-refractivity contribution in [3.63, 3.8) is 0 Å². The smallest absolute Gasteiger partial charge is 0.103 e. The summed E-state index contributed by atoms with van der Waals surface area (Å²) in [5.41, 5.74) is 5.54. The van der Waals surface area contributed by atoms with E-state index in [9.17, 15) is 0 Å². The third-order valence-corrected chi connectivity index (χ3v) is 2.12. The van der Waals surface area contributed by atoms with Crippen molar-refractivity contribution < 1.29 is 0 Å². The van der Waals surface area contributed by atoms with Gasteiger partial charge in [-0.3, -0.25) is 0 Å². The minimum atomic E-state index is -0.286. The number of nitrogens with two attached hydrogens (primary N) is 1. The predicted molar refractivity (Wildman–Crippen MR) is 42.6 cm³/mol. The van der Waals surface area contributed by atoms with Crippen LogP contribution >= 0.6 is 11.3 Å². The Morgan fingerprint density at radius 3 is 3.00 bits per heavy atom. The van der Waals surface area contributed by atoms with Gasteiger partial charge in [-0.25, -0.2) is 4.98 Å². The van der Waals surface area contributed by atoms with Crippen LogP contribution in [0.1, 0.15) is 15.9 Å². The number of hydrogen-bond donors (Lipinski definition) is 1.